The lowest BCUT2D eigenvalue weighted by molar-refractivity contribution is -0.144. The van der Waals surface area contributed by atoms with Crippen LogP contribution in [0.3, 0.4) is 0 Å². The third-order valence-corrected chi connectivity index (χ3v) is 6.01. The first-order valence-electron chi connectivity index (χ1n) is 11.0. The molecule has 3 aromatic rings. The minimum atomic E-state index is -0.800. The first kappa shape index (κ1) is 23.3. The standard InChI is InChI=1S/C23H25FN6O4/c1-13-9-14(7-8-16(13)24)11-25-20(31)17-10-18(30-23(28-17)26-12-27-30)21(32)29-19(22(33)34-2)15-5-3-4-6-15/h7-10,12,15,19H,3-6,11H2,1-2H3,(H,25,31)(H,29,32)/t19-/m1/s1. The summed E-state index contributed by atoms with van der Waals surface area (Å²) in [6.07, 6.45) is 4.80. The maximum absolute atomic E-state index is 13.5. The highest BCUT2D eigenvalue weighted by molar-refractivity contribution is 5.99. The van der Waals surface area contributed by atoms with Gasteiger partial charge in [-0.2, -0.15) is 14.6 Å². The third kappa shape index (κ3) is 4.87. The van der Waals surface area contributed by atoms with Gasteiger partial charge < -0.3 is 15.4 Å². The first-order valence-corrected chi connectivity index (χ1v) is 11.0. The zero-order chi connectivity index (χ0) is 24.2. The summed E-state index contributed by atoms with van der Waals surface area (Å²) in [6.45, 7) is 1.78. The zero-order valence-corrected chi connectivity index (χ0v) is 18.9. The number of nitrogens with zero attached hydrogens (tertiary/aromatic N) is 4. The number of halogens is 1. The molecule has 2 amide bonds. The average molecular weight is 468 g/mol. The number of nitrogens with one attached hydrogen (secondary N) is 2. The molecule has 1 aromatic carbocycles. The second kappa shape index (κ2) is 9.94. The van der Waals surface area contributed by atoms with E-state index in [1.54, 1.807) is 19.1 Å². The summed E-state index contributed by atoms with van der Waals surface area (Å²) < 4.78 is 19.6. The number of amides is 2. The molecule has 2 N–H and O–H groups in total. The highest BCUT2D eigenvalue weighted by atomic mass is 19.1. The third-order valence-electron chi connectivity index (χ3n) is 6.01. The number of hydrogen-bond donors (Lipinski definition) is 2. The monoisotopic (exact) mass is 468 g/mol. The molecule has 1 saturated carbocycles. The molecular formula is C23H25FN6O4. The Kier molecular flexibility index (Phi) is 6.80. The van der Waals surface area contributed by atoms with Crippen LogP contribution in [0, 0.1) is 18.7 Å². The van der Waals surface area contributed by atoms with Gasteiger partial charge in [-0.15, -0.1) is 0 Å². The van der Waals surface area contributed by atoms with E-state index in [-0.39, 0.29) is 35.4 Å². The molecule has 0 unspecified atom stereocenters. The van der Waals surface area contributed by atoms with Crippen LogP contribution in [0.5, 0.6) is 0 Å². The Balaban J connectivity index is 1.56. The number of esters is 1. The molecule has 1 fully saturated rings. The number of aromatic nitrogens is 4. The van der Waals surface area contributed by atoms with Gasteiger partial charge in [-0.25, -0.2) is 14.2 Å². The van der Waals surface area contributed by atoms with Gasteiger partial charge in [-0.3, -0.25) is 9.59 Å². The smallest absolute Gasteiger partial charge is 0.328 e. The predicted molar refractivity (Wildman–Crippen MR) is 118 cm³/mol. The van der Waals surface area contributed by atoms with Crippen LogP contribution in [0.15, 0.2) is 30.6 Å². The Labute approximate surface area is 194 Å². The van der Waals surface area contributed by atoms with Crippen LogP contribution in [0.4, 0.5) is 4.39 Å². The molecule has 11 heteroatoms. The highest BCUT2D eigenvalue weighted by Crippen LogP contribution is 2.28. The fourth-order valence-corrected chi connectivity index (χ4v) is 4.18. The molecule has 178 valence electrons. The van der Waals surface area contributed by atoms with E-state index in [4.69, 9.17) is 4.74 Å². The van der Waals surface area contributed by atoms with Crippen molar-refractivity contribution in [1.82, 2.24) is 30.2 Å². The van der Waals surface area contributed by atoms with Crippen molar-refractivity contribution in [2.24, 2.45) is 5.92 Å². The van der Waals surface area contributed by atoms with Crippen LogP contribution in [-0.2, 0) is 16.1 Å². The molecule has 1 aliphatic carbocycles. The molecule has 0 bridgehead atoms. The lowest BCUT2D eigenvalue weighted by Gasteiger charge is -2.22. The minimum absolute atomic E-state index is 0.0113. The largest absolute Gasteiger partial charge is 0.467 e. The van der Waals surface area contributed by atoms with Gasteiger partial charge in [0.05, 0.1) is 7.11 Å². The lowest BCUT2D eigenvalue weighted by Crippen LogP contribution is -2.46. The Hall–Kier alpha value is -3.89. The van der Waals surface area contributed by atoms with Crippen LogP contribution in [0.1, 0.15) is 57.8 Å². The first-order chi connectivity index (χ1) is 16.4. The van der Waals surface area contributed by atoms with Gasteiger partial charge in [0, 0.05) is 12.6 Å². The van der Waals surface area contributed by atoms with Gasteiger partial charge in [0.2, 0.25) is 0 Å². The molecule has 4 rings (SSSR count). The zero-order valence-electron chi connectivity index (χ0n) is 18.9. The highest BCUT2D eigenvalue weighted by Gasteiger charge is 2.33. The van der Waals surface area contributed by atoms with Crippen LogP contribution in [0.2, 0.25) is 0 Å². The second-order valence-electron chi connectivity index (χ2n) is 8.28. The van der Waals surface area contributed by atoms with Crippen molar-refractivity contribution in [2.45, 2.75) is 45.2 Å². The maximum Gasteiger partial charge on any atom is 0.328 e. The summed E-state index contributed by atoms with van der Waals surface area (Å²) in [5.74, 6) is -1.94. The van der Waals surface area contributed by atoms with E-state index < -0.39 is 23.8 Å². The molecule has 10 nitrogen and oxygen atoms in total. The van der Waals surface area contributed by atoms with E-state index in [0.717, 1.165) is 25.7 Å². The lowest BCUT2D eigenvalue weighted by atomic mass is 9.98. The molecule has 1 aliphatic rings. The van der Waals surface area contributed by atoms with E-state index in [9.17, 15) is 18.8 Å². The molecule has 0 aliphatic heterocycles. The van der Waals surface area contributed by atoms with Gasteiger partial charge >= 0.3 is 5.97 Å². The SMILES string of the molecule is COC(=O)[C@H](NC(=O)c1cc(C(=O)NCc2ccc(F)c(C)c2)nc2ncnn12)C1CCCC1. The minimum Gasteiger partial charge on any atom is -0.467 e. The summed E-state index contributed by atoms with van der Waals surface area (Å²) >= 11 is 0. The van der Waals surface area contributed by atoms with E-state index in [1.165, 1.54) is 30.1 Å². The van der Waals surface area contributed by atoms with E-state index in [1.807, 2.05) is 0 Å². The number of hydrogen-bond acceptors (Lipinski definition) is 7. The quantitative estimate of drug-likeness (QED) is 0.508. The van der Waals surface area contributed by atoms with Gasteiger partial charge in [0.25, 0.3) is 17.6 Å². The molecule has 34 heavy (non-hydrogen) atoms. The van der Waals surface area contributed by atoms with Crippen LogP contribution < -0.4 is 10.6 Å². The summed E-state index contributed by atoms with van der Waals surface area (Å²) in [5.41, 5.74) is 1.15. The number of carbonyl (C=O) groups is 3. The van der Waals surface area contributed by atoms with Gasteiger partial charge in [-0.1, -0.05) is 25.0 Å². The van der Waals surface area contributed by atoms with Crippen molar-refractivity contribution in [3.05, 3.63) is 58.9 Å². The summed E-state index contributed by atoms with van der Waals surface area (Å²) in [5, 5.41) is 9.48. The number of rotatable bonds is 7. The number of benzene rings is 1. The van der Waals surface area contributed by atoms with Crippen molar-refractivity contribution in [1.29, 1.82) is 0 Å². The normalized spacial score (nSPS) is 14.7. The number of aryl methyl sites for hydroxylation is 1. The van der Waals surface area contributed by atoms with Crippen molar-refractivity contribution in [2.75, 3.05) is 7.11 Å². The molecule has 2 heterocycles. The van der Waals surface area contributed by atoms with Crippen LogP contribution in [0.25, 0.3) is 5.78 Å². The van der Waals surface area contributed by atoms with Gasteiger partial charge in [0.15, 0.2) is 0 Å². The molecule has 0 saturated heterocycles. The van der Waals surface area contributed by atoms with Crippen LogP contribution in [-0.4, -0.2) is 50.5 Å². The van der Waals surface area contributed by atoms with Gasteiger partial charge in [-0.05, 0) is 42.9 Å². The van der Waals surface area contributed by atoms with Crippen molar-refractivity contribution < 1.29 is 23.5 Å². The van der Waals surface area contributed by atoms with E-state index in [0.29, 0.717) is 11.1 Å². The number of methoxy groups -OCH3 is 1. The van der Waals surface area contributed by atoms with E-state index in [2.05, 4.69) is 25.7 Å². The average Bonchev–Trinajstić information content (AvgIpc) is 3.54. The van der Waals surface area contributed by atoms with Gasteiger partial charge in [0.1, 0.15) is 29.6 Å². The van der Waals surface area contributed by atoms with E-state index >= 15 is 0 Å². The summed E-state index contributed by atoms with van der Waals surface area (Å²) in [6, 6.07) is 5.05. The number of ether oxygens (including phenoxy) is 1. The topological polar surface area (TPSA) is 128 Å². The number of carbonyl (C=O) groups excluding carboxylic acids is 3. The fourth-order valence-electron chi connectivity index (χ4n) is 4.18. The molecule has 0 spiro atoms. The molecule has 1 atom stereocenters. The molecular weight excluding hydrogens is 443 g/mol. The molecule has 0 radical (unpaired) electrons. The van der Waals surface area contributed by atoms with Crippen molar-refractivity contribution in [3.8, 4) is 0 Å². The molecule has 2 aromatic heterocycles. The van der Waals surface area contributed by atoms with Crippen molar-refractivity contribution in [3.63, 3.8) is 0 Å². The Morgan fingerprint density at radius 3 is 2.68 bits per heavy atom. The Morgan fingerprint density at radius 2 is 1.97 bits per heavy atom. The van der Waals surface area contributed by atoms with Crippen molar-refractivity contribution >= 4 is 23.6 Å². The predicted octanol–water partition coefficient (Wildman–Crippen LogP) is 1.96. The Morgan fingerprint density at radius 1 is 1.21 bits per heavy atom. The fraction of sp³-hybridized carbons (Fsp3) is 0.391. The summed E-state index contributed by atoms with van der Waals surface area (Å²) in [4.78, 5) is 46.5. The number of fused-ring (bicyclic) bond motifs is 1. The Bertz CT molecular complexity index is 1240. The summed E-state index contributed by atoms with van der Waals surface area (Å²) in [7, 11) is 1.28. The second-order valence-corrected chi connectivity index (χ2v) is 8.28. The van der Waals surface area contributed by atoms with Crippen LogP contribution >= 0.6 is 0 Å². The maximum atomic E-state index is 13.5.